The molecule has 4 fully saturated rings. The number of hydrogen-bond acceptors (Lipinski definition) is 4. The van der Waals surface area contributed by atoms with Crippen LogP contribution in [0.2, 0.25) is 0 Å². The van der Waals surface area contributed by atoms with E-state index < -0.39 is 10.0 Å². The van der Waals surface area contributed by atoms with Crippen molar-refractivity contribution in [2.45, 2.75) is 37.0 Å². The summed E-state index contributed by atoms with van der Waals surface area (Å²) in [5, 5.41) is 2.95. The molecule has 2 atom stereocenters. The van der Waals surface area contributed by atoms with Gasteiger partial charge in [-0.1, -0.05) is 0 Å². The van der Waals surface area contributed by atoms with Crippen LogP contribution in [0.5, 0.6) is 0 Å². The molecule has 0 aliphatic carbocycles. The van der Waals surface area contributed by atoms with Gasteiger partial charge in [0.2, 0.25) is 10.0 Å². The van der Waals surface area contributed by atoms with Crippen molar-refractivity contribution in [2.75, 3.05) is 32.7 Å². The Morgan fingerprint density at radius 1 is 1.17 bits per heavy atom. The van der Waals surface area contributed by atoms with Gasteiger partial charge in [-0.25, -0.2) is 13.1 Å². The first-order valence-corrected chi connectivity index (χ1v) is 8.64. The average molecular weight is 273 g/mol. The molecule has 0 saturated carbocycles. The van der Waals surface area contributed by atoms with Gasteiger partial charge in [0.1, 0.15) is 0 Å². The topological polar surface area (TPSA) is 61.4 Å². The van der Waals surface area contributed by atoms with Crippen molar-refractivity contribution in [3.63, 3.8) is 0 Å². The predicted octanol–water partition coefficient (Wildman–Crippen LogP) is -0.248. The molecule has 18 heavy (non-hydrogen) atoms. The number of hydrogen-bond donors (Lipinski definition) is 2. The lowest BCUT2D eigenvalue weighted by Crippen LogP contribution is -2.59. The molecular weight excluding hydrogens is 250 g/mol. The molecule has 2 unspecified atom stereocenters. The van der Waals surface area contributed by atoms with Crippen LogP contribution in [-0.4, -0.2) is 57.3 Å². The summed E-state index contributed by atoms with van der Waals surface area (Å²) in [7, 11) is -3.14. The first kappa shape index (κ1) is 12.8. The van der Waals surface area contributed by atoms with Crippen LogP contribution in [0.4, 0.5) is 0 Å². The molecule has 4 aliphatic rings. The summed E-state index contributed by atoms with van der Waals surface area (Å²) in [6, 6.07) is 0.152. The Balaban J connectivity index is 1.64. The minimum atomic E-state index is -3.14. The zero-order valence-corrected chi connectivity index (χ0v) is 11.6. The first-order valence-electron chi connectivity index (χ1n) is 7.09. The smallest absolute Gasteiger partial charge is 0.216 e. The Labute approximate surface area is 109 Å². The highest BCUT2D eigenvalue weighted by atomic mass is 32.2. The van der Waals surface area contributed by atoms with Gasteiger partial charge in [0.05, 0.1) is 5.25 Å². The number of nitrogens with zero attached hydrogens (tertiary/aromatic N) is 1. The van der Waals surface area contributed by atoms with E-state index in [2.05, 4.69) is 14.9 Å². The van der Waals surface area contributed by atoms with Crippen molar-refractivity contribution in [3.8, 4) is 0 Å². The quantitative estimate of drug-likeness (QED) is 0.744. The van der Waals surface area contributed by atoms with Crippen LogP contribution in [-0.2, 0) is 10.0 Å². The molecule has 5 nitrogen and oxygen atoms in total. The van der Waals surface area contributed by atoms with Gasteiger partial charge in [0.25, 0.3) is 0 Å². The number of nitrogens with one attached hydrogen (secondary N) is 2. The van der Waals surface area contributed by atoms with Crippen LogP contribution in [0.15, 0.2) is 0 Å². The van der Waals surface area contributed by atoms with Gasteiger partial charge in [0.15, 0.2) is 0 Å². The molecule has 0 spiro atoms. The maximum Gasteiger partial charge on any atom is 0.216 e. The summed E-state index contributed by atoms with van der Waals surface area (Å²) < 4.78 is 27.7. The van der Waals surface area contributed by atoms with Crippen molar-refractivity contribution in [2.24, 2.45) is 5.92 Å². The van der Waals surface area contributed by atoms with E-state index in [1.165, 1.54) is 0 Å². The van der Waals surface area contributed by atoms with E-state index in [1.54, 1.807) is 0 Å². The maximum atomic E-state index is 12.4. The molecule has 0 radical (unpaired) electrons. The average Bonchev–Trinajstić information content (AvgIpc) is 2.41. The van der Waals surface area contributed by atoms with Gasteiger partial charge in [-0.15, -0.1) is 0 Å². The molecule has 2 N–H and O–H groups in total. The van der Waals surface area contributed by atoms with Crippen molar-refractivity contribution >= 4 is 10.0 Å². The monoisotopic (exact) mass is 273 g/mol. The van der Waals surface area contributed by atoms with E-state index >= 15 is 0 Å². The molecule has 2 bridgehead atoms. The van der Waals surface area contributed by atoms with Crippen LogP contribution < -0.4 is 10.0 Å². The van der Waals surface area contributed by atoms with E-state index in [0.29, 0.717) is 12.5 Å². The summed E-state index contributed by atoms with van der Waals surface area (Å²) in [6.45, 7) is 4.76. The first-order chi connectivity index (χ1) is 8.65. The molecule has 0 aromatic rings. The standard InChI is InChI=1S/C12H23N3O2S/c16-18(17,11-2-1-5-13-8-11)14-12-9-15-6-3-10(12)4-7-15/h10-14H,1-9H2. The van der Waals surface area contributed by atoms with Crippen LogP contribution in [0.3, 0.4) is 0 Å². The third-order valence-electron chi connectivity index (χ3n) is 4.66. The summed E-state index contributed by atoms with van der Waals surface area (Å²) >= 11 is 0. The van der Waals surface area contributed by atoms with Gasteiger partial charge >= 0.3 is 0 Å². The second-order valence-corrected chi connectivity index (χ2v) is 7.87. The molecular formula is C12H23N3O2S. The van der Waals surface area contributed by atoms with Crippen LogP contribution in [0, 0.1) is 5.92 Å². The second-order valence-electron chi connectivity index (χ2n) is 5.88. The summed E-state index contributed by atoms with van der Waals surface area (Å²) in [5.74, 6) is 0.557. The molecule has 0 aromatic heterocycles. The highest BCUT2D eigenvalue weighted by Gasteiger charge is 2.38. The van der Waals surface area contributed by atoms with Gasteiger partial charge in [-0.2, -0.15) is 0 Å². The molecule has 6 heteroatoms. The van der Waals surface area contributed by atoms with E-state index in [-0.39, 0.29) is 11.3 Å². The Morgan fingerprint density at radius 2 is 1.94 bits per heavy atom. The number of fused-ring (bicyclic) bond motifs is 3. The van der Waals surface area contributed by atoms with Crippen LogP contribution in [0.25, 0.3) is 0 Å². The lowest BCUT2D eigenvalue weighted by molar-refractivity contribution is 0.0825. The molecule has 4 heterocycles. The Bertz CT molecular complexity index is 384. The van der Waals surface area contributed by atoms with Crippen molar-refractivity contribution in [1.82, 2.24) is 14.9 Å². The minimum absolute atomic E-state index is 0.152. The van der Waals surface area contributed by atoms with Crippen molar-refractivity contribution < 1.29 is 8.42 Å². The number of piperidine rings is 4. The molecule has 0 aromatic carbocycles. The fraction of sp³-hybridized carbons (Fsp3) is 1.00. The van der Waals surface area contributed by atoms with Gasteiger partial charge in [0, 0.05) is 19.1 Å². The van der Waals surface area contributed by atoms with Gasteiger partial charge in [-0.3, -0.25) is 0 Å². The highest BCUT2D eigenvalue weighted by Crippen LogP contribution is 2.28. The highest BCUT2D eigenvalue weighted by molar-refractivity contribution is 7.90. The van der Waals surface area contributed by atoms with E-state index in [9.17, 15) is 8.42 Å². The molecule has 4 aliphatic heterocycles. The zero-order chi connectivity index (χ0) is 12.6. The lowest BCUT2D eigenvalue weighted by Gasteiger charge is -2.45. The zero-order valence-electron chi connectivity index (χ0n) is 10.8. The summed E-state index contributed by atoms with van der Waals surface area (Å²) in [6.07, 6.45) is 4.06. The Morgan fingerprint density at radius 3 is 2.50 bits per heavy atom. The minimum Gasteiger partial charge on any atom is -0.315 e. The summed E-state index contributed by atoms with van der Waals surface area (Å²) in [5.41, 5.74) is 0. The molecule has 104 valence electrons. The fourth-order valence-corrected chi connectivity index (χ4v) is 5.19. The Hall–Kier alpha value is -0.170. The van der Waals surface area contributed by atoms with Gasteiger partial charge in [-0.05, 0) is 51.2 Å². The van der Waals surface area contributed by atoms with Crippen LogP contribution in [0.1, 0.15) is 25.7 Å². The Kier molecular flexibility index (Phi) is 3.62. The summed E-state index contributed by atoms with van der Waals surface area (Å²) in [4.78, 5) is 2.38. The maximum absolute atomic E-state index is 12.4. The second kappa shape index (κ2) is 5.07. The SMILES string of the molecule is O=S(=O)(NC1CN2CCC1CC2)C1CCCNC1. The number of rotatable bonds is 3. The third-order valence-corrected chi connectivity index (χ3v) is 6.57. The largest absolute Gasteiger partial charge is 0.315 e. The molecule has 0 amide bonds. The fourth-order valence-electron chi connectivity index (χ4n) is 3.49. The van der Waals surface area contributed by atoms with Crippen molar-refractivity contribution in [1.29, 1.82) is 0 Å². The van der Waals surface area contributed by atoms with E-state index in [4.69, 9.17) is 0 Å². The number of sulfonamides is 1. The van der Waals surface area contributed by atoms with Crippen LogP contribution >= 0.6 is 0 Å². The predicted molar refractivity (Wildman–Crippen MR) is 70.9 cm³/mol. The lowest BCUT2D eigenvalue weighted by atomic mass is 9.85. The third kappa shape index (κ3) is 2.57. The van der Waals surface area contributed by atoms with Crippen molar-refractivity contribution in [3.05, 3.63) is 0 Å². The van der Waals surface area contributed by atoms with E-state index in [1.807, 2.05) is 0 Å². The molecule has 4 rings (SSSR count). The normalized spacial score (nSPS) is 40.9. The van der Waals surface area contributed by atoms with E-state index in [0.717, 1.165) is 51.9 Å². The molecule has 4 saturated heterocycles. The van der Waals surface area contributed by atoms with Gasteiger partial charge < -0.3 is 10.2 Å².